The van der Waals surface area contributed by atoms with Crippen molar-refractivity contribution in [3.8, 4) is 17.2 Å². The van der Waals surface area contributed by atoms with Crippen molar-refractivity contribution in [2.75, 3.05) is 38.0 Å². The first-order chi connectivity index (χ1) is 13.2. The van der Waals surface area contributed by atoms with Gasteiger partial charge in [-0.05, 0) is 30.3 Å². The van der Waals surface area contributed by atoms with E-state index in [1.807, 2.05) is 18.2 Å². The van der Waals surface area contributed by atoms with Crippen molar-refractivity contribution in [2.45, 2.75) is 4.90 Å². The predicted molar refractivity (Wildman–Crippen MR) is 101 cm³/mol. The molecule has 27 heavy (non-hydrogen) atoms. The Morgan fingerprint density at radius 1 is 1.11 bits per heavy atom. The highest BCUT2D eigenvalue weighted by molar-refractivity contribution is 8.00. The van der Waals surface area contributed by atoms with E-state index in [1.165, 1.54) is 18.9 Å². The highest BCUT2D eigenvalue weighted by atomic mass is 32.2. The van der Waals surface area contributed by atoms with Gasteiger partial charge in [0, 0.05) is 4.90 Å². The first kappa shape index (κ1) is 18.9. The van der Waals surface area contributed by atoms with Crippen LogP contribution in [0.4, 0.5) is 5.69 Å². The van der Waals surface area contributed by atoms with Gasteiger partial charge in [0.1, 0.15) is 19.0 Å². The molecule has 0 aromatic heterocycles. The minimum absolute atomic E-state index is 0.0849. The molecule has 2 aromatic rings. The molecule has 1 aliphatic heterocycles. The number of ether oxygens (including phenoxy) is 4. The van der Waals surface area contributed by atoms with Gasteiger partial charge in [-0.2, -0.15) is 0 Å². The quantitative estimate of drug-likeness (QED) is 0.576. The van der Waals surface area contributed by atoms with E-state index < -0.39 is 11.9 Å². The zero-order valence-electron chi connectivity index (χ0n) is 14.7. The van der Waals surface area contributed by atoms with Crippen molar-refractivity contribution >= 4 is 29.3 Å². The fourth-order valence-electron chi connectivity index (χ4n) is 2.38. The minimum Gasteiger partial charge on any atom is -0.495 e. The summed E-state index contributed by atoms with van der Waals surface area (Å²) in [4.78, 5) is 24.7. The van der Waals surface area contributed by atoms with E-state index in [2.05, 4.69) is 5.32 Å². The molecule has 0 atom stereocenters. The Hall–Kier alpha value is -2.87. The smallest absolute Gasteiger partial charge is 0.316 e. The molecule has 0 saturated carbocycles. The summed E-state index contributed by atoms with van der Waals surface area (Å²) in [7, 11) is 1.51. The van der Waals surface area contributed by atoms with E-state index in [9.17, 15) is 9.59 Å². The fourth-order valence-corrected chi connectivity index (χ4v) is 3.10. The van der Waals surface area contributed by atoms with Crippen molar-refractivity contribution in [3.05, 3.63) is 42.5 Å². The highest BCUT2D eigenvalue weighted by Gasteiger charge is 2.14. The van der Waals surface area contributed by atoms with Crippen LogP contribution >= 0.6 is 11.8 Å². The predicted octanol–water partition coefficient (Wildman–Crippen LogP) is 2.74. The van der Waals surface area contributed by atoms with Crippen LogP contribution in [0.15, 0.2) is 47.4 Å². The van der Waals surface area contributed by atoms with E-state index in [1.54, 1.807) is 24.3 Å². The first-order valence-corrected chi connectivity index (χ1v) is 9.25. The number of anilines is 1. The molecule has 0 unspecified atom stereocenters. The molecule has 3 rings (SSSR count). The number of amides is 1. The van der Waals surface area contributed by atoms with Crippen LogP contribution < -0.4 is 19.5 Å². The number of carbonyl (C=O) groups excluding carboxylic acids is 2. The van der Waals surface area contributed by atoms with Gasteiger partial charge in [-0.1, -0.05) is 12.1 Å². The number of thioether (sulfide) groups is 1. The van der Waals surface area contributed by atoms with Crippen LogP contribution in [0, 0.1) is 0 Å². The molecule has 0 saturated heterocycles. The van der Waals surface area contributed by atoms with Gasteiger partial charge < -0.3 is 24.3 Å². The lowest BCUT2D eigenvalue weighted by molar-refractivity contribution is -0.144. The molecular formula is C19H19NO6S. The van der Waals surface area contributed by atoms with Crippen molar-refractivity contribution < 1.29 is 28.5 Å². The van der Waals surface area contributed by atoms with E-state index >= 15 is 0 Å². The van der Waals surface area contributed by atoms with Crippen LogP contribution in [0.5, 0.6) is 17.2 Å². The molecule has 1 N–H and O–H groups in total. The van der Waals surface area contributed by atoms with Crippen molar-refractivity contribution in [1.29, 1.82) is 0 Å². The summed E-state index contributed by atoms with van der Waals surface area (Å²) >= 11 is 1.30. The van der Waals surface area contributed by atoms with Gasteiger partial charge in [-0.25, -0.2) is 0 Å². The minimum atomic E-state index is -0.481. The maximum atomic E-state index is 11.9. The summed E-state index contributed by atoms with van der Waals surface area (Å²) in [6, 6.07) is 12.5. The second-order valence-electron chi connectivity index (χ2n) is 5.50. The summed E-state index contributed by atoms with van der Waals surface area (Å²) in [5.41, 5.74) is 0.520. The van der Waals surface area contributed by atoms with E-state index in [0.29, 0.717) is 36.1 Å². The Bertz CT molecular complexity index is 826. The van der Waals surface area contributed by atoms with Crippen LogP contribution in [0.25, 0.3) is 0 Å². The third kappa shape index (κ3) is 5.30. The molecule has 0 aliphatic carbocycles. The molecule has 0 radical (unpaired) electrons. The summed E-state index contributed by atoms with van der Waals surface area (Å²) in [6.45, 7) is 0.672. The second-order valence-corrected chi connectivity index (χ2v) is 6.55. The molecule has 1 amide bonds. The summed E-state index contributed by atoms with van der Waals surface area (Å²) in [5, 5.41) is 2.65. The van der Waals surface area contributed by atoms with E-state index in [0.717, 1.165) is 4.90 Å². The van der Waals surface area contributed by atoms with Crippen LogP contribution in [0.1, 0.15) is 0 Å². The number of esters is 1. The van der Waals surface area contributed by atoms with Crippen molar-refractivity contribution in [2.24, 2.45) is 0 Å². The number of nitrogens with one attached hydrogen (secondary N) is 1. The lowest BCUT2D eigenvalue weighted by Gasteiger charge is -2.18. The molecule has 8 heteroatoms. The van der Waals surface area contributed by atoms with Crippen molar-refractivity contribution in [1.82, 2.24) is 0 Å². The Balaban J connectivity index is 1.43. The third-order valence-electron chi connectivity index (χ3n) is 3.62. The monoisotopic (exact) mass is 389 g/mol. The largest absolute Gasteiger partial charge is 0.495 e. The number of methoxy groups -OCH3 is 1. The zero-order chi connectivity index (χ0) is 19.1. The highest BCUT2D eigenvalue weighted by Crippen LogP contribution is 2.34. The molecule has 7 nitrogen and oxygen atoms in total. The SMILES string of the molecule is COc1ccccc1NC(=O)COC(=O)CSc1ccc2c(c1)OCCO2. The number of para-hydroxylation sites is 2. The summed E-state index contributed by atoms with van der Waals surface area (Å²) in [5.74, 6) is 1.06. The third-order valence-corrected chi connectivity index (χ3v) is 4.58. The van der Waals surface area contributed by atoms with Gasteiger partial charge in [0.2, 0.25) is 0 Å². The van der Waals surface area contributed by atoms with Crippen LogP contribution in [-0.4, -0.2) is 44.6 Å². The van der Waals surface area contributed by atoms with Gasteiger partial charge in [0.05, 0.1) is 18.6 Å². The maximum Gasteiger partial charge on any atom is 0.316 e. The number of benzene rings is 2. The van der Waals surface area contributed by atoms with Gasteiger partial charge in [-0.15, -0.1) is 11.8 Å². The molecule has 142 valence electrons. The Labute approximate surface area is 160 Å². The van der Waals surface area contributed by atoms with E-state index in [-0.39, 0.29) is 12.4 Å². The molecular weight excluding hydrogens is 370 g/mol. The number of fused-ring (bicyclic) bond motifs is 1. The lowest BCUT2D eigenvalue weighted by Crippen LogP contribution is -2.21. The number of hydrogen-bond donors (Lipinski definition) is 1. The topological polar surface area (TPSA) is 83.1 Å². The van der Waals surface area contributed by atoms with Crippen LogP contribution in [0.2, 0.25) is 0 Å². The molecule has 1 aliphatic rings. The van der Waals surface area contributed by atoms with Crippen molar-refractivity contribution in [3.63, 3.8) is 0 Å². The normalized spacial score (nSPS) is 12.2. The molecule has 1 heterocycles. The second kappa shape index (κ2) is 9.18. The van der Waals surface area contributed by atoms with Gasteiger partial charge >= 0.3 is 5.97 Å². The Morgan fingerprint density at radius 2 is 1.89 bits per heavy atom. The zero-order valence-corrected chi connectivity index (χ0v) is 15.5. The number of rotatable bonds is 7. The fraction of sp³-hybridized carbons (Fsp3) is 0.263. The maximum absolute atomic E-state index is 11.9. The molecule has 2 aromatic carbocycles. The van der Waals surface area contributed by atoms with Gasteiger partial charge in [0.25, 0.3) is 5.91 Å². The first-order valence-electron chi connectivity index (χ1n) is 8.26. The summed E-state index contributed by atoms with van der Waals surface area (Å²) < 4.78 is 21.1. The summed E-state index contributed by atoms with van der Waals surface area (Å²) in [6.07, 6.45) is 0. The number of carbonyl (C=O) groups is 2. The number of hydrogen-bond acceptors (Lipinski definition) is 7. The molecule has 0 fully saturated rings. The average Bonchev–Trinajstić information content (AvgIpc) is 2.71. The van der Waals surface area contributed by atoms with Crippen LogP contribution in [-0.2, 0) is 14.3 Å². The lowest BCUT2D eigenvalue weighted by atomic mass is 10.3. The Kier molecular flexibility index (Phi) is 6.43. The standard InChI is InChI=1S/C19H19NO6S/c1-23-15-5-3-2-4-14(15)20-18(21)11-26-19(22)12-27-13-6-7-16-17(10-13)25-9-8-24-16/h2-7,10H,8-9,11-12H2,1H3,(H,20,21). The van der Waals surface area contributed by atoms with Gasteiger partial charge in [-0.3, -0.25) is 9.59 Å². The van der Waals surface area contributed by atoms with Gasteiger partial charge in [0.15, 0.2) is 18.1 Å². The average molecular weight is 389 g/mol. The Morgan fingerprint density at radius 3 is 2.70 bits per heavy atom. The van der Waals surface area contributed by atoms with E-state index in [4.69, 9.17) is 18.9 Å². The molecule has 0 spiro atoms. The molecule has 0 bridgehead atoms. The van der Waals surface area contributed by atoms with Crippen LogP contribution in [0.3, 0.4) is 0 Å².